The second-order valence-corrected chi connectivity index (χ2v) is 4.28. The molecule has 0 spiro atoms. The number of nitrogens with two attached hydrogens (primary N) is 1. The van der Waals surface area contributed by atoms with Crippen LogP contribution in [0.3, 0.4) is 0 Å². The Morgan fingerprint density at radius 1 is 1.62 bits per heavy atom. The van der Waals surface area contributed by atoms with Crippen molar-refractivity contribution < 1.29 is 13.9 Å². The average molecular weight is 227 g/mol. The maximum Gasteiger partial charge on any atom is 0.408 e. The Labute approximate surface area is 94.2 Å². The number of hydrogen-bond acceptors (Lipinski definition) is 5. The number of carbonyl (C=O) groups excluding carboxylic acids is 1. The van der Waals surface area contributed by atoms with E-state index in [1.165, 1.54) is 6.39 Å². The Morgan fingerprint density at radius 2 is 2.31 bits per heavy atom. The Kier molecular flexibility index (Phi) is 3.89. The third-order valence-electron chi connectivity index (χ3n) is 1.71. The van der Waals surface area contributed by atoms with E-state index in [1.807, 2.05) is 0 Å². The van der Waals surface area contributed by atoms with Gasteiger partial charge in [-0.2, -0.15) is 0 Å². The normalized spacial score (nSPS) is 11.2. The Bertz CT molecular complexity index is 354. The van der Waals surface area contributed by atoms with Crippen LogP contribution in [-0.4, -0.2) is 16.7 Å². The van der Waals surface area contributed by atoms with E-state index in [1.54, 1.807) is 20.8 Å². The molecule has 0 bridgehead atoms. The molecule has 0 saturated carbocycles. The van der Waals surface area contributed by atoms with Gasteiger partial charge in [-0.15, -0.1) is 0 Å². The highest BCUT2D eigenvalue weighted by molar-refractivity contribution is 5.67. The fourth-order valence-corrected chi connectivity index (χ4v) is 1.07. The quantitative estimate of drug-likeness (QED) is 0.808. The summed E-state index contributed by atoms with van der Waals surface area (Å²) in [5.41, 5.74) is 5.56. The first kappa shape index (κ1) is 12.5. The third-order valence-corrected chi connectivity index (χ3v) is 1.71. The standard InChI is InChI=1S/C10H17N3O3/c1-10(2,3)16-9(14)12-5-8-7(4-11)13-6-15-8/h6H,4-5,11H2,1-3H3,(H,12,14). The predicted octanol–water partition coefficient (Wildman–Crippen LogP) is 1.16. The minimum Gasteiger partial charge on any atom is -0.446 e. The van der Waals surface area contributed by atoms with Crippen LogP contribution in [0.25, 0.3) is 0 Å². The topological polar surface area (TPSA) is 90.4 Å². The summed E-state index contributed by atoms with van der Waals surface area (Å²) in [6.07, 6.45) is 0.806. The molecule has 0 unspecified atom stereocenters. The molecule has 0 radical (unpaired) electrons. The summed E-state index contributed by atoms with van der Waals surface area (Å²) >= 11 is 0. The van der Waals surface area contributed by atoms with Gasteiger partial charge in [0.1, 0.15) is 11.4 Å². The van der Waals surface area contributed by atoms with Crippen LogP contribution < -0.4 is 11.1 Å². The molecule has 1 heterocycles. The van der Waals surface area contributed by atoms with Crippen molar-refractivity contribution in [2.45, 2.75) is 39.5 Å². The van der Waals surface area contributed by atoms with Crippen molar-refractivity contribution >= 4 is 6.09 Å². The van der Waals surface area contributed by atoms with Gasteiger partial charge in [-0.1, -0.05) is 0 Å². The molecule has 0 fully saturated rings. The first-order valence-corrected chi connectivity index (χ1v) is 5.00. The summed E-state index contributed by atoms with van der Waals surface area (Å²) in [6.45, 7) is 5.90. The third kappa shape index (κ3) is 3.90. The Hall–Kier alpha value is -1.56. The van der Waals surface area contributed by atoms with Crippen molar-refractivity contribution in [3.05, 3.63) is 17.8 Å². The van der Waals surface area contributed by atoms with E-state index in [4.69, 9.17) is 14.9 Å². The number of ether oxygens (including phenoxy) is 1. The number of oxazole rings is 1. The number of nitrogens with one attached hydrogen (secondary N) is 1. The zero-order chi connectivity index (χ0) is 12.2. The number of nitrogens with zero attached hydrogens (tertiary/aromatic N) is 1. The number of alkyl carbamates (subject to hydrolysis) is 1. The molecule has 1 aromatic rings. The van der Waals surface area contributed by atoms with Gasteiger partial charge >= 0.3 is 6.09 Å². The van der Waals surface area contributed by atoms with E-state index >= 15 is 0 Å². The minimum absolute atomic E-state index is 0.224. The maximum atomic E-state index is 11.3. The summed E-state index contributed by atoms with van der Waals surface area (Å²) < 4.78 is 10.1. The van der Waals surface area contributed by atoms with Gasteiger partial charge in [0.2, 0.25) is 0 Å². The number of hydrogen-bond donors (Lipinski definition) is 2. The van der Waals surface area contributed by atoms with Gasteiger partial charge in [-0.3, -0.25) is 0 Å². The summed E-state index contributed by atoms with van der Waals surface area (Å²) in [4.78, 5) is 15.2. The second kappa shape index (κ2) is 4.98. The lowest BCUT2D eigenvalue weighted by molar-refractivity contribution is 0.0519. The second-order valence-electron chi connectivity index (χ2n) is 4.28. The zero-order valence-corrected chi connectivity index (χ0v) is 9.74. The van der Waals surface area contributed by atoms with Crippen LogP contribution in [0.1, 0.15) is 32.2 Å². The molecule has 0 saturated heterocycles. The average Bonchev–Trinajstić information content (AvgIpc) is 2.59. The molecule has 0 aliphatic carbocycles. The highest BCUT2D eigenvalue weighted by atomic mass is 16.6. The first-order chi connectivity index (χ1) is 7.42. The van der Waals surface area contributed by atoms with Crippen molar-refractivity contribution in [2.24, 2.45) is 5.73 Å². The van der Waals surface area contributed by atoms with E-state index in [9.17, 15) is 4.79 Å². The van der Waals surface area contributed by atoms with Gasteiger partial charge < -0.3 is 20.2 Å². The molecule has 90 valence electrons. The maximum absolute atomic E-state index is 11.3. The van der Waals surface area contributed by atoms with Crippen LogP contribution in [0.15, 0.2) is 10.8 Å². The Morgan fingerprint density at radius 3 is 2.88 bits per heavy atom. The van der Waals surface area contributed by atoms with Crippen LogP contribution in [0, 0.1) is 0 Å². The van der Waals surface area contributed by atoms with Crippen LogP contribution in [-0.2, 0) is 17.8 Å². The monoisotopic (exact) mass is 227 g/mol. The first-order valence-electron chi connectivity index (χ1n) is 5.00. The number of aromatic nitrogens is 1. The highest BCUT2D eigenvalue weighted by Gasteiger charge is 2.16. The molecule has 0 aromatic carbocycles. The van der Waals surface area contributed by atoms with Crippen LogP contribution in [0.2, 0.25) is 0 Å². The molecular weight excluding hydrogens is 210 g/mol. The Balaban J connectivity index is 2.43. The van der Waals surface area contributed by atoms with Gasteiger partial charge in [-0.05, 0) is 20.8 Å². The van der Waals surface area contributed by atoms with Crippen molar-refractivity contribution in [3.63, 3.8) is 0 Å². The summed E-state index contributed by atoms with van der Waals surface area (Å²) in [5, 5.41) is 2.57. The molecule has 6 heteroatoms. The smallest absolute Gasteiger partial charge is 0.408 e. The number of carbonyl (C=O) groups is 1. The molecule has 0 aliphatic rings. The van der Waals surface area contributed by atoms with E-state index in [2.05, 4.69) is 10.3 Å². The van der Waals surface area contributed by atoms with Crippen LogP contribution >= 0.6 is 0 Å². The lowest BCUT2D eigenvalue weighted by Crippen LogP contribution is -2.32. The lowest BCUT2D eigenvalue weighted by Gasteiger charge is -2.19. The molecular formula is C10H17N3O3. The summed E-state index contributed by atoms with van der Waals surface area (Å²) in [5.74, 6) is 0.549. The fraction of sp³-hybridized carbons (Fsp3) is 0.600. The fourth-order valence-electron chi connectivity index (χ4n) is 1.07. The molecule has 1 amide bonds. The van der Waals surface area contributed by atoms with Crippen molar-refractivity contribution in [2.75, 3.05) is 0 Å². The van der Waals surface area contributed by atoms with E-state index in [0.717, 1.165) is 0 Å². The van der Waals surface area contributed by atoms with E-state index in [-0.39, 0.29) is 13.1 Å². The molecule has 3 N–H and O–H groups in total. The predicted molar refractivity (Wildman–Crippen MR) is 57.5 cm³/mol. The molecule has 1 rings (SSSR count). The zero-order valence-electron chi connectivity index (χ0n) is 9.74. The van der Waals surface area contributed by atoms with Crippen molar-refractivity contribution in [3.8, 4) is 0 Å². The molecule has 6 nitrogen and oxygen atoms in total. The number of amides is 1. The lowest BCUT2D eigenvalue weighted by atomic mass is 10.2. The summed E-state index contributed by atoms with van der Waals surface area (Å²) in [7, 11) is 0. The van der Waals surface area contributed by atoms with Gasteiger partial charge in [0, 0.05) is 6.54 Å². The van der Waals surface area contributed by atoms with Gasteiger partial charge in [0.25, 0.3) is 0 Å². The van der Waals surface area contributed by atoms with Crippen molar-refractivity contribution in [1.82, 2.24) is 10.3 Å². The largest absolute Gasteiger partial charge is 0.446 e. The van der Waals surface area contributed by atoms with Crippen LogP contribution in [0.4, 0.5) is 4.79 Å². The molecule has 16 heavy (non-hydrogen) atoms. The minimum atomic E-state index is -0.512. The highest BCUT2D eigenvalue weighted by Crippen LogP contribution is 2.08. The molecule has 1 aromatic heterocycles. The molecule has 0 atom stereocenters. The molecule has 0 aliphatic heterocycles. The van der Waals surface area contributed by atoms with Crippen LogP contribution in [0.5, 0.6) is 0 Å². The van der Waals surface area contributed by atoms with E-state index in [0.29, 0.717) is 11.5 Å². The van der Waals surface area contributed by atoms with Crippen molar-refractivity contribution in [1.29, 1.82) is 0 Å². The van der Waals surface area contributed by atoms with Gasteiger partial charge in [-0.25, -0.2) is 9.78 Å². The van der Waals surface area contributed by atoms with Gasteiger partial charge in [0.15, 0.2) is 6.39 Å². The van der Waals surface area contributed by atoms with Gasteiger partial charge in [0.05, 0.1) is 12.2 Å². The SMILES string of the molecule is CC(C)(C)OC(=O)NCc1ocnc1CN. The summed E-state index contributed by atoms with van der Waals surface area (Å²) in [6, 6.07) is 0. The van der Waals surface area contributed by atoms with E-state index < -0.39 is 11.7 Å². The number of rotatable bonds is 3.